The fraction of sp³-hybridized carbons (Fsp3) is 0.611. The third-order valence-electron chi connectivity index (χ3n) is 4.26. The van der Waals surface area contributed by atoms with E-state index < -0.39 is 0 Å². The number of nitrogens with zero attached hydrogens (tertiary/aromatic N) is 2. The molecule has 5 nitrogen and oxygen atoms in total. The molecule has 1 atom stereocenters. The average molecular weight is 318 g/mol. The molecule has 128 valence electrons. The van der Waals surface area contributed by atoms with Crippen molar-refractivity contribution < 1.29 is 4.79 Å². The highest BCUT2D eigenvalue weighted by Gasteiger charge is 2.19. The third-order valence-corrected chi connectivity index (χ3v) is 4.26. The van der Waals surface area contributed by atoms with Crippen molar-refractivity contribution >= 4 is 11.6 Å². The van der Waals surface area contributed by atoms with E-state index in [1.165, 1.54) is 5.69 Å². The largest absolute Gasteiger partial charge is 0.369 e. The van der Waals surface area contributed by atoms with Crippen molar-refractivity contribution in [2.75, 3.05) is 51.2 Å². The van der Waals surface area contributed by atoms with E-state index in [-0.39, 0.29) is 11.9 Å². The van der Waals surface area contributed by atoms with Crippen LogP contribution in [0.3, 0.4) is 0 Å². The van der Waals surface area contributed by atoms with Gasteiger partial charge in [-0.25, -0.2) is 0 Å². The van der Waals surface area contributed by atoms with Gasteiger partial charge < -0.3 is 15.5 Å². The van der Waals surface area contributed by atoms with Gasteiger partial charge in [0.05, 0.1) is 0 Å². The smallest absolute Gasteiger partial charge is 0.220 e. The van der Waals surface area contributed by atoms with Crippen LogP contribution in [0.25, 0.3) is 0 Å². The molecule has 2 rings (SSSR count). The minimum atomic E-state index is 0.163. The van der Waals surface area contributed by atoms with Crippen LogP contribution in [-0.4, -0.2) is 63.2 Å². The van der Waals surface area contributed by atoms with E-state index in [2.05, 4.69) is 57.7 Å². The number of piperazine rings is 1. The van der Waals surface area contributed by atoms with Gasteiger partial charge in [-0.15, -0.1) is 0 Å². The standard InChI is InChI=1S/C18H30N4O/c1-16(20-18(23)9-6-10-19-2)15-21-11-13-22(14-12-21)17-7-4-3-5-8-17/h3-5,7-8,16,19H,6,9-15H2,1-2H3,(H,20,23). The van der Waals surface area contributed by atoms with Crippen molar-refractivity contribution in [2.24, 2.45) is 0 Å². The van der Waals surface area contributed by atoms with Gasteiger partial charge in [0.2, 0.25) is 5.91 Å². The van der Waals surface area contributed by atoms with E-state index in [4.69, 9.17) is 0 Å². The van der Waals surface area contributed by atoms with Crippen LogP contribution in [0.15, 0.2) is 30.3 Å². The molecule has 5 heteroatoms. The molecule has 0 radical (unpaired) electrons. The number of carbonyl (C=O) groups is 1. The summed E-state index contributed by atoms with van der Waals surface area (Å²) in [5.41, 5.74) is 1.30. The van der Waals surface area contributed by atoms with Crippen LogP contribution >= 0.6 is 0 Å². The minimum Gasteiger partial charge on any atom is -0.369 e. The predicted octanol–water partition coefficient (Wildman–Crippen LogP) is 1.31. The Labute approximate surface area is 140 Å². The quantitative estimate of drug-likeness (QED) is 0.710. The van der Waals surface area contributed by atoms with E-state index in [1.807, 2.05) is 7.05 Å². The van der Waals surface area contributed by atoms with Gasteiger partial charge in [0.25, 0.3) is 0 Å². The maximum absolute atomic E-state index is 11.8. The molecule has 0 aromatic heterocycles. The molecule has 1 heterocycles. The van der Waals surface area contributed by atoms with Crippen LogP contribution in [0.1, 0.15) is 19.8 Å². The lowest BCUT2D eigenvalue weighted by Gasteiger charge is -2.37. The molecule has 1 aliphatic rings. The number of benzene rings is 1. The van der Waals surface area contributed by atoms with Crippen molar-refractivity contribution in [3.8, 4) is 0 Å². The van der Waals surface area contributed by atoms with Gasteiger partial charge >= 0.3 is 0 Å². The number of hydrogen-bond acceptors (Lipinski definition) is 4. The number of para-hydroxylation sites is 1. The summed E-state index contributed by atoms with van der Waals surface area (Å²) < 4.78 is 0. The second kappa shape index (κ2) is 9.53. The fourth-order valence-corrected chi connectivity index (χ4v) is 3.03. The molecule has 1 unspecified atom stereocenters. The van der Waals surface area contributed by atoms with E-state index in [0.717, 1.165) is 45.7 Å². The van der Waals surface area contributed by atoms with Crippen molar-refractivity contribution in [3.63, 3.8) is 0 Å². The summed E-state index contributed by atoms with van der Waals surface area (Å²) in [4.78, 5) is 16.7. The summed E-state index contributed by atoms with van der Waals surface area (Å²) in [5.74, 6) is 0.163. The Balaban J connectivity index is 1.66. The first-order valence-corrected chi connectivity index (χ1v) is 8.65. The molecule has 0 bridgehead atoms. The first kappa shape index (κ1) is 17.8. The maximum Gasteiger partial charge on any atom is 0.220 e. The van der Waals surface area contributed by atoms with E-state index in [1.54, 1.807) is 0 Å². The van der Waals surface area contributed by atoms with Gasteiger partial charge in [0, 0.05) is 50.9 Å². The number of hydrogen-bond donors (Lipinski definition) is 2. The Morgan fingerprint density at radius 1 is 1.17 bits per heavy atom. The molecule has 2 N–H and O–H groups in total. The van der Waals surface area contributed by atoms with Crippen molar-refractivity contribution in [3.05, 3.63) is 30.3 Å². The first-order chi connectivity index (χ1) is 11.2. The molecule has 1 amide bonds. The molecular weight excluding hydrogens is 288 g/mol. The molecule has 0 spiro atoms. The summed E-state index contributed by atoms with van der Waals surface area (Å²) in [6.45, 7) is 8.12. The Kier molecular flexibility index (Phi) is 7.36. The highest BCUT2D eigenvalue weighted by molar-refractivity contribution is 5.76. The van der Waals surface area contributed by atoms with E-state index >= 15 is 0 Å². The molecule has 1 aliphatic heterocycles. The van der Waals surface area contributed by atoms with Gasteiger partial charge in [-0.05, 0) is 39.1 Å². The van der Waals surface area contributed by atoms with Crippen molar-refractivity contribution in [1.82, 2.24) is 15.5 Å². The monoisotopic (exact) mass is 318 g/mol. The first-order valence-electron chi connectivity index (χ1n) is 8.65. The zero-order valence-corrected chi connectivity index (χ0v) is 14.4. The summed E-state index contributed by atoms with van der Waals surface area (Å²) in [6.07, 6.45) is 1.50. The molecule has 0 saturated carbocycles. The molecular formula is C18H30N4O. The SMILES string of the molecule is CNCCCC(=O)NC(C)CN1CCN(c2ccccc2)CC1. The Bertz CT molecular complexity index is 457. The van der Waals surface area contributed by atoms with Crippen LogP contribution in [0, 0.1) is 0 Å². The van der Waals surface area contributed by atoms with Crippen LogP contribution in [0.5, 0.6) is 0 Å². The van der Waals surface area contributed by atoms with Crippen LogP contribution < -0.4 is 15.5 Å². The van der Waals surface area contributed by atoms with Gasteiger partial charge in [0.1, 0.15) is 0 Å². The third kappa shape index (κ3) is 6.20. The molecule has 1 aromatic carbocycles. The van der Waals surface area contributed by atoms with E-state index in [0.29, 0.717) is 6.42 Å². The Hall–Kier alpha value is -1.59. The Morgan fingerprint density at radius 3 is 2.52 bits per heavy atom. The highest BCUT2D eigenvalue weighted by Crippen LogP contribution is 2.15. The summed E-state index contributed by atoms with van der Waals surface area (Å²) in [6, 6.07) is 10.8. The predicted molar refractivity (Wildman–Crippen MR) is 95.9 cm³/mol. The topological polar surface area (TPSA) is 47.6 Å². The number of carbonyl (C=O) groups excluding carboxylic acids is 1. The number of nitrogens with one attached hydrogen (secondary N) is 2. The van der Waals surface area contributed by atoms with Gasteiger partial charge in [-0.2, -0.15) is 0 Å². The zero-order valence-electron chi connectivity index (χ0n) is 14.4. The summed E-state index contributed by atoms with van der Waals surface area (Å²) >= 11 is 0. The van der Waals surface area contributed by atoms with Crippen LogP contribution in [0.4, 0.5) is 5.69 Å². The van der Waals surface area contributed by atoms with Gasteiger partial charge in [-0.3, -0.25) is 9.69 Å². The van der Waals surface area contributed by atoms with Crippen molar-refractivity contribution in [1.29, 1.82) is 0 Å². The number of anilines is 1. The number of rotatable bonds is 8. The fourth-order valence-electron chi connectivity index (χ4n) is 3.03. The normalized spacial score (nSPS) is 17.0. The molecule has 0 aliphatic carbocycles. The summed E-state index contributed by atoms with van der Waals surface area (Å²) in [7, 11) is 1.91. The maximum atomic E-state index is 11.8. The molecule has 1 fully saturated rings. The Morgan fingerprint density at radius 2 is 1.87 bits per heavy atom. The second-order valence-corrected chi connectivity index (χ2v) is 6.30. The van der Waals surface area contributed by atoms with Crippen molar-refractivity contribution in [2.45, 2.75) is 25.8 Å². The minimum absolute atomic E-state index is 0.163. The lowest BCUT2D eigenvalue weighted by molar-refractivity contribution is -0.121. The van der Waals surface area contributed by atoms with Gasteiger partial charge in [0.15, 0.2) is 0 Å². The van der Waals surface area contributed by atoms with E-state index in [9.17, 15) is 4.79 Å². The lowest BCUT2D eigenvalue weighted by atomic mass is 10.2. The zero-order chi connectivity index (χ0) is 16.5. The number of amides is 1. The molecule has 1 saturated heterocycles. The second-order valence-electron chi connectivity index (χ2n) is 6.30. The van der Waals surface area contributed by atoms with Crippen LogP contribution in [-0.2, 0) is 4.79 Å². The summed E-state index contributed by atoms with van der Waals surface area (Å²) in [5, 5.41) is 6.17. The average Bonchev–Trinajstić information content (AvgIpc) is 2.56. The highest BCUT2D eigenvalue weighted by atomic mass is 16.1. The molecule has 1 aromatic rings. The molecule has 23 heavy (non-hydrogen) atoms. The van der Waals surface area contributed by atoms with Crippen LogP contribution in [0.2, 0.25) is 0 Å². The lowest BCUT2D eigenvalue weighted by Crippen LogP contribution is -2.50. The van der Waals surface area contributed by atoms with Gasteiger partial charge in [-0.1, -0.05) is 18.2 Å².